The fourth-order valence-electron chi connectivity index (χ4n) is 1.84. The highest BCUT2D eigenvalue weighted by Crippen LogP contribution is 2.35. The van der Waals surface area contributed by atoms with E-state index in [1.54, 1.807) is 11.3 Å². The topological polar surface area (TPSA) is 24.9 Å². The van der Waals surface area contributed by atoms with E-state index >= 15 is 0 Å². The molecule has 0 saturated heterocycles. The summed E-state index contributed by atoms with van der Waals surface area (Å²) in [6.07, 6.45) is 1.13. The zero-order valence-electron chi connectivity index (χ0n) is 11.7. The first-order valence-electron chi connectivity index (χ1n) is 6.46. The Labute approximate surface area is 131 Å². The van der Waals surface area contributed by atoms with Gasteiger partial charge in [-0.1, -0.05) is 6.92 Å². The van der Waals surface area contributed by atoms with Gasteiger partial charge in [0.05, 0.1) is 11.7 Å². The maximum Gasteiger partial charge on any atom is 0.115 e. The van der Waals surface area contributed by atoms with Crippen LogP contribution >= 0.6 is 38.6 Å². The second kappa shape index (κ2) is 6.48. The van der Waals surface area contributed by atoms with Crippen LogP contribution in [0.15, 0.2) is 10.5 Å². The molecule has 2 nitrogen and oxygen atoms in total. The molecule has 0 saturated carbocycles. The highest BCUT2D eigenvalue weighted by atomic mass is 79.9. The summed E-state index contributed by atoms with van der Waals surface area (Å²) in [6, 6.07) is 2.45. The number of rotatable bonds is 5. The van der Waals surface area contributed by atoms with Crippen molar-refractivity contribution < 1.29 is 0 Å². The van der Waals surface area contributed by atoms with Gasteiger partial charge in [0, 0.05) is 19.1 Å². The number of hydrogen-bond acceptors (Lipinski definition) is 4. The second-order valence-electron chi connectivity index (χ2n) is 4.63. The van der Waals surface area contributed by atoms with Gasteiger partial charge >= 0.3 is 0 Å². The number of aryl methyl sites for hydroxylation is 3. The molecule has 0 aliphatic carbocycles. The van der Waals surface area contributed by atoms with Crippen molar-refractivity contribution in [2.45, 2.75) is 40.2 Å². The smallest absolute Gasteiger partial charge is 0.115 e. The van der Waals surface area contributed by atoms with Gasteiger partial charge in [0.25, 0.3) is 0 Å². The van der Waals surface area contributed by atoms with Crippen LogP contribution in [-0.2, 0) is 0 Å². The van der Waals surface area contributed by atoms with Gasteiger partial charge in [0.15, 0.2) is 0 Å². The second-order valence-corrected chi connectivity index (χ2v) is 8.01. The maximum atomic E-state index is 4.73. The molecule has 2 rings (SSSR count). The van der Waals surface area contributed by atoms with E-state index < -0.39 is 0 Å². The molecule has 0 aromatic carbocycles. The predicted octanol–water partition coefficient (Wildman–Crippen LogP) is 4.98. The quantitative estimate of drug-likeness (QED) is 0.814. The third-order valence-electron chi connectivity index (χ3n) is 3.05. The third kappa shape index (κ3) is 3.45. The van der Waals surface area contributed by atoms with Gasteiger partial charge in [-0.15, -0.1) is 22.7 Å². The van der Waals surface area contributed by atoms with Crippen LogP contribution in [-0.4, -0.2) is 11.5 Å². The molecule has 0 bridgehead atoms. The SMILES string of the molecule is CCCNC(c1cc(Br)c(C)s1)c1nc(C)c(C)s1. The van der Waals surface area contributed by atoms with Crippen LogP contribution in [0.2, 0.25) is 0 Å². The first-order chi connectivity index (χ1) is 9.02. The van der Waals surface area contributed by atoms with E-state index in [2.05, 4.69) is 55.0 Å². The molecular weight excluding hydrogens is 340 g/mol. The third-order valence-corrected chi connectivity index (χ3v) is 6.39. The molecule has 19 heavy (non-hydrogen) atoms. The highest BCUT2D eigenvalue weighted by molar-refractivity contribution is 9.10. The lowest BCUT2D eigenvalue weighted by Gasteiger charge is -2.14. The fourth-order valence-corrected chi connectivity index (χ4v) is 4.58. The van der Waals surface area contributed by atoms with Gasteiger partial charge in [-0.2, -0.15) is 0 Å². The van der Waals surface area contributed by atoms with Crippen molar-refractivity contribution in [2.24, 2.45) is 0 Å². The van der Waals surface area contributed by atoms with E-state index in [1.807, 2.05) is 11.3 Å². The van der Waals surface area contributed by atoms with Gasteiger partial charge < -0.3 is 5.32 Å². The molecular formula is C14H19BrN2S2. The molecule has 0 radical (unpaired) electrons. The normalized spacial score (nSPS) is 12.9. The molecule has 2 heterocycles. The van der Waals surface area contributed by atoms with Crippen molar-refractivity contribution in [3.63, 3.8) is 0 Å². The van der Waals surface area contributed by atoms with Crippen LogP contribution in [0.1, 0.15) is 44.7 Å². The zero-order chi connectivity index (χ0) is 14.0. The van der Waals surface area contributed by atoms with Crippen LogP contribution in [0, 0.1) is 20.8 Å². The van der Waals surface area contributed by atoms with Crippen molar-refractivity contribution >= 4 is 38.6 Å². The van der Waals surface area contributed by atoms with Gasteiger partial charge in [0.1, 0.15) is 5.01 Å². The van der Waals surface area contributed by atoms with Crippen LogP contribution in [0.3, 0.4) is 0 Å². The molecule has 0 fully saturated rings. The van der Waals surface area contributed by atoms with E-state index in [4.69, 9.17) is 4.98 Å². The van der Waals surface area contributed by atoms with Crippen molar-refractivity contribution in [3.05, 3.63) is 35.9 Å². The Morgan fingerprint density at radius 2 is 2.00 bits per heavy atom. The number of nitrogens with one attached hydrogen (secondary N) is 1. The minimum Gasteiger partial charge on any atom is -0.304 e. The van der Waals surface area contributed by atoms with E-state index in [0.717, 1.165) is 18.7 Å². The van der Waals surface area contributed by atoms with Gasteiger partial charge in [0.2, 0.25) is 0 Å². The van der Waals surface area contributed by atoms with Crippen LogP contribution in [0.4, 0.5) is 0 Å². The molecule has 0 aliphatic heterocycles. The summed E-state index contributed by atoms with van der Waals surface area (Å²) in [5.41, 5.74) is 1.15. The molecule has 0 aliphatic rings. The van der Waals surface area contributed by atoms with Crippen molar-refractivity contribution in [1.82, 2.24) is 10.3 Å². The standard InChI is InChI=1S/C14H19BrN2S2/c1-5-6-16-13(12-7-11(15)10(4)18-12)14-17-8(2)9(3)19-14/h7,13,16H,5-6H2,1-4H3. The van der Waals surface area contributed by atoms with Crippen molar-refractivity contribution in [1.29, 1.82) is 0 Å². The van der Waals surface area contributed by atoms with E-state index in [1.165, 1.54) is 24.1 Å². The Morgan fingerprint density at radius 3 is 2.47 bits per heavy atom. The molecule has 104 valence electrons. The van der Waals surface area contributed by atoms with Crippen LogP contribution in [0.5, 0.6) is 0 Å². The van der Waals surface area contributed by atoms with Gasteiger partial charge in [-0.25, -0.2) is 4.98 Å². The summed E-state index contributed by atoms with van der Waals surface area (Å²) in [5, 5.41) is 4.80. The number of nitrogens with zero attached hydrogens (tertiary/aromatic N) is 1. The molecule has 2 aromatic rings. The average Bonchev–Trinajstić information content (AvgIpc) is 2.85. The lowest BCUT2D eigenvalue weighted by molar-refractivity contribution is 0.602. The largest absolute Gasteiger partial charge is 0.304 e. The molecule has 1 atom stereocenters. The van der Waals surface area contributed by atoms with Crippen molar-refractivity contribution in [3.8, 4) is 0 Å². The average molecular weight is 359 g/mol. The van der Waals surface area contributed by atoms with Crippen LogP contribution in [0.25, 0.3) is 0 Å². The van der Waals surface area contributed by atoms with Gasteiger partial charge in [-0.05, 0) is 55.7 Å². The van der Waals surface area contributed by atoms with Crippen LogP contribution < -0.4 is 5.32 Å². The summed E-state index contributed by atoms with van der Waals surface area (Å²) < 4.78 is 1.20. The number of halogens is 1. The first-order valence-corrected chi connectivity index (χ1v) is 8.88. The number of thiazole rings is 1. The molecule has 2 aromatic heterocycles. The highest BCUT2D eigenvalue weighted by Gasteiger charge is 2.20. The Hall–Kier alpha value is -0.230. The Morgan fingerprint density at radius 1 is 1.26 bits per heavy atom. The minimum atomic E-state index is 0.229. The molecule has 5 heteroatoms. The molecule has 0 spiro atoms. The van der Waals surface area contributed by atoms with E-state index in [0.29, 0.717) is 0 Å². The van der Waals surface area contributed by atoms with Gasteiger partial charge in [-0.3, -0.25) is 0 Å². The summed E-state index contributed by atoms with van der Waals surface area (Å²) in [6.45, 7) is 9.58. The Balaban J connectivity index is 2.34. The number of thiophene rings is 1. The summed E-state index contributed by atoms with van der Waals surface area (Å²) in [5.74, 6) is 0. The summed E-state index contributed by atoms with van der Waals surface area (Å²) >= 11 is 7.25. The summed E-state index contributed by atoms with van der Waals surface area (Å²) in [4.78, 5) is 8.70. The molecule has 0 amide bonds. The fraction of sp³-hybridized carbons (Fsp3) is 0.500. The monoisotopic (exact) mass is 358 g/mol. The molecule has 1 unspecified atom stereocenters. The number of hydrogen-bond donors (Lipinski definition) is 1. The first kappa shape index (κ1) is 15.2. The number of aromatic nitrogens is 1. The maximum absolute atomic E-state index is 4.73. The Bertz CT molecular complexity index is 475. The van der Waals surface area contributed by atoms with E-state index in [9.17, 15) is 0 Å². The lowest BCUT2D eigenvalue weighted by atomic mass is 10.2. The Kier molecular flexibility index (Phi) is 5.17. The molecule has 1 N–H and O–H groups in total. The minimum absolute atomic E-state index is 0.229. The van der Waals surface area contributed by atoms with Crippen molar-refractivity contribution in [2.75, 3.05) is 6.54 Å². The lowest BCUT2D eigenvalue weighted by Crippen LogP contribution is -2.22. The zero-order valence-corrected chi connectivity index (χ0v) is 14.9. The summed E-state index contributed by atoms with van der Waals surface area (Å²) in [7, 11) is 0. The van der Waals surface area contributed by atoms with E-state index in [-0.39, 0.29) is 6.04 Å². The predicted molar refractivity (Wildman–Crippen MR) is 88.5 cm³/mol.